The van der Waals surface area contributed by atoms with Crippen molar-refractivity contribution in [1.29, 1.82) is 10.5 Å². The first kappa shape index (κ1) is 14.4. The molecule has 0 amide bonds. The van der Waals surface area contributed by atoms with E-state index in [0.717, 1.165) is 0 Å². The molecule has 0 spiro atoms. The summed E-state index contributed by atoms with van der Waals surface area (Å²) in [5.41, 5.74) is 0.680. The van der Waals surface area contributed by atoms with Crippen LogP contribution in [0.15, 0.2) is 41.8 Å². The lowest BCUT2D eigenvalue weighted by molar-refractivity contribution is 0.422. The van der Waals surface area contributed by atoms with Crippen molar-refractivity contribution >= 4 is 23.0 Å². The number of hydrogen-bond donors (Lipinski definition) is 2. The van der Waals surface area contributed by atoms with E-state index in [0.29, 0.717) is 17.0 Å². The number of rotatable bonds is 3. The number of nitrogens with zero attached hydrogens (tertiary/aromatic N) is 3. The van der Waals surface area contributed by atoms with E-state index in [9.17, 15) is 5.11 Å². The van der Waals surface area contributed by atoms with Crippen molar-refractivity contribution in [1.82, 2.24) is 4.98 Å². The summed E-state index contributed by atoms with van der Waals surface area (Å²) in [7, 11) is 0. The molecule has 94 valence electrons. The molecule has 0 radical (unpaired) electrons. The Bertz CT molecular complexity index is 632. The third-order valence-electron chi connectivity index (χ3n) is 2.11. The first-order valence-corrected chi connectivity index (χ1v) is 5.57. The fourth-order valence-electron chi connectivity index (χ4n) is 1.14. The second kappa shape index (κ2) is 6.29. The SMILES string of the molecule is C=C(C)C(O)=C(C#N)C(=S)Nc1ccc(C#N)cn1. The Balaban J connectivity index is 2.96. The van der Waals surface area contributed by atoms with Crippen LogP contribution in [0.5, 0.6) is 0 Å². The Hall–Kier alpha value is -2.70. The van der Waals surface area contributed by atoms with Gasteiger partial charge in [-0.15, -0.1) is 0 Å². The van der Waals surface area contributed by atoms with Gasteiger partial charge in [-0.1, -0.05) is 18.8 Å². The number of aliphatic hydroxyl groups excluding tert-OH is 1. The van der Waals surface area contributed by atoms with Gasteiger partial charge in [0.15, 0.2) is 0 Å². The molecule has 0 fully saturated rings. The van der Waals surface area contributed by atoms with E-state index in [2.05, 4.69) is 16.9 Å². The highest BCUT2D eigenvalue weighted by molar-refractivity contribution is 7.81. The topological polar surface area (TPSA) is 92.7 Å². The van der Waals surface area contributed by atoms with Crippen molar-refractivity contribution < 1.29 is 5.11 Å². The Morgan fingerprint density at radius 1 is 1.47 bits per heavy atom. The van der Waals surface area contributed by atoms with Gasteiger partial charge in [0.2, 0.25) is 0 Å². The smallest absolute Gasteiger partial charge is 0.138 e. The molecule has 1 aromatic rings. The summed E-state index contributed by atoms with van der Waals surface area (Å²) in [5, 5.41) is 30.0. The maximum absolute atomic E-state index is 9.68. The van der Waals surface area contributed by atoms with E-state index in [1.54, 1.807) is 19.1 Å². The van der Waals surface area contributed by atoms with Crippen molar-refractivity contribution in [3.8, 4) is 12.1 Å². The van der Waals surface area contributed by atoms with Gasteiger partial charge in [0.1, 0.15) is 34.3 Å². The van der Waals surface area contributed by atoms with Gasteiger partial charge in [-0.05, 0) is 24.6 Å². The van der Waals surface area contributed by atoms with E-state index in [4.69, 9.17) is 22.7 Å². The van der Waals surface area contributed by atoms with E-state index in [1.807, 2.05) is 12.1 Å². The molecule has 0 atom stereocenters. The average molecular weight is 270 g/mol. The summed E-state index contributed by atoms with van der Waals surface area (Å²) >= 11 is 5.02. The molecule has 0 aliphatic carbocycles. The molecular weight excluding hydrogens is 260 g/mol. The van der Waals surface area contributed by atoms with E-state index >= 15 is 0 Å². The molecule has 19 heavy (non-hydrogen) atoms. The number of pyridine rings is 1. The number of aliphatic hydroxyl groups is 1. The van der Waals surface area contributed by atoms with Crippen LogP contribution in [0.3, 0.4) is 0 Å². The summed E-state index contributed by atoms with van der Waals surface area (Å²) in [6.45, 7) is 5.10. The van der Waals surface area contributed by atoms with Crippen molar-refractivity contribution in [2.24, 2.45) is 0 Å². The zero-order valence-corrected chi connectivity index (χ0v) is 11.0. The predicted molar refractivity (Wildman–Crippen MR) is 75.3 cm³/mol. The average Bonchev–Trinajstić information content (AvgIpc) is 2.40. The Labute approximate surface area is 116 Å². The maximum atomic E-state index is 9.68. The van der Waals surface area contributed by atoms with Crippen LogP contribution in [0.25, 0.3) is 0 Å². The number of aromatic nitrogens is 1. The first-order valence-electron chi connectivity index (χ1n) is 5.16. The predicted octanol–water partition coefficient (Wildman–Crippen LogP) is 2.60. The lowest BCUT2D eigenvalue weighted by Crippen LogP contribution is -2.14. The Morgan fingerprint density at radius 3 is 2.58 bits per heavy atom. The third kappa shape index (κ3) is 3.63. The van der Waals surface area contributed by atoms with Crippen LogP contribution in [0.1, 0.15) is 12.5 Å². The van der Waals surface area contributed by atoms with Crippen molar-refractivity contribution in [3.63, 3.8) is 0 Å². The molecule has 0 saturated carbocycles. The molecule has 5 nitrogen and oxygen atoms in total. The second-order valence-corrected chi connectivity index (χ2v) is 4.02. The van der Waals surface area contributed by atoms with Gasteiger partial charge in [-0.25, -0.2) is 4.98 Å². The van der Waals surface area contributed by atoms with Gasteiger partial charge in [0.25, 0.3) is 0 Å². The van der Waals surface area contributed by atoms with E-state index in [1.165, 1.54) is 6.20 Å². The zero-order valence-electron chi connectivity index (χ0n) is 10.1. The van der Waals surface area contributed by atoms with Gasteiger partial charge in [-0.3, -0.25) is 0 Å². The summed E-state index contributed by atoms with van der Waals surface area (Å²) in [5.74, 6) is 0.125. The molecule has 1 heterocycles. The zero-order chi connectivity index (χ0) is 14.4. The molecule has 0 saturated heterocycles. The first-order chi connectivity index (χ1) is 8.99. The quantitative estimate of drug-likeness (QED) is 0.288. The van der Waals surface area contributed by atoms with Crippen molar-refractivity contribution in [2.75, 3.05) is 5.32 Å². The van der Waals surface area contributed by atoms with Crippen LogP contribution in [0, 0.1) is 22.7 Å². The lowest BCUT2D eigenvalue weighted by Gasteiger charge is -2.08. The highest BCUT2D eigenvalue weighted by Gasteiger charge is 2.12. The largest absolute Gasteiger partial charge is 0.506 e. The summed E-state index contributed by atoms with van der Waals surface area (Å²) in [6, 6.07) is 6.86. The van der Waals surface area contributed by atoms with E-state index < -0.39 is 0 Å². The number of allylic oxidation sites excluding steroid dienone is 1. The molecule has 0 aromatic carbocycles. The highest BCUT2D eigenvalue weighted by atomic mass is 32.1. The molecule has 1 aromatic heterocycles. The summed E-state index contributed by atoms with van der Waals surface area (Å²) in [6.07, 6.45) is 1.37. The van der Waals surface area contributed by atoms with Crippen LogP contribution in [-0.4, -0.2) is 15.1 Å². The summed E-state index contributed by atoms with van der Waals surface area (Å²) < 4.78 is 0. The molecule has 1 rings (SSSR count). The molecule has 0 unspecified atom stereocenters. The normalized spacial score (nSPS) is 10.7. The molecule has 6 heteroatoms. The Kier molecular flexibility index (Phi) is 4.76. The van der Waals surface area contributed by atoms with Crippen LogP contribution in [0.2, 0.25) is 0 Å². The minimum Gasteiger partial charge on any atom is -0.506 e. The third-order valence-corrected chi connectivity index (χ3v) is 2.42. The number of nitrogens with one attached hydrogen (secondary N) is 1. The van der Waals surface area contributed by atoms with Crippen LogP contribution in [0.4, 0.5) is 5.82 Å². The van der Waals surface area contributed by atoms with E-state index in [-0.39, 0.29) is 16.3 Å². The number of thiocarbonyl (C=S) groups is 1. The molecule has 0 bridgehead atoms. The monoisotopic (exact) mass is 270 g/mol. The van der Waals surface area contributed by atoms with Crippen LogP contribution >= 0.6 is 12.2 Å². The second-order valence-electron chi connectivity index (χ2n) is 3.61. The minimum atomic E-state index is -0.256. The summed E-state index contributed by atoms with van der Waals surface area (Å²) in [4.78, 5) is 4.00. The minimum absolute atomic E-state index is 0.0419. The van der Waals surface area contributed by atoms with Crippen molar-refractivity contribution in [2.45, 2.75) is 6.92 Å². The standard InChI is InChI=1S/C13H10N4OS/c1-8(2)12(18)10(6-15)13(19)17-11-4-3-9(5-14)7-16-11/h3-4,7,18H,1H2,2H3,(H,16,17,19). The van der Waals surface area contributed by atoms with Gasteiger partial charge in [0, 0.05) is 6.20 Å². The van der Waals surface area contributed by atoms with Crippen LogP contribution < -0.4 is 5.32 Å². The highest BCUT2D eigenvalue weighted by Crippen LogP contribution is 2.13. The van der Waals surface area contributed by atoms with Gasteiger partial charge < -0.3 is 10.4 Å². The lowest BCUT2D eigenvalue weighted by atomic mass is 10.1. The maximum Gasteiger partial charge on any atom is 0.138 e. The van der Waals surface area contributed by atoms with Gasteiger partial charge in [-0.2, -0.15) is 10.5 Å². The number of anilines is 1. The number of hydrogen-bond acceptors (Lipinski definition) is 5. The number of nitriles is 2. The molecule has 0 aliphatic heterocycles. The fourth-order valence-corrected chi connectivity index (χ4v) is 1.38. The fraction of sp³-hybridized carbons (Fsp3) is 0.0769. The van der Waals surface area contributed by atoms with Crippen molar-refractivity contribution in [3.05, 3.63) is 47.4 Å². The van der Waals surface area contributed by atoms with Crippen LogP contribution in [-0.2, 0) is 0 Å². The van der Waals surface area contributed by atoms with Gasteiger partial charge in [0.05, 0.1) is 5.56 Å². The molecule has 2 N–H and O–H groups in total. The Morgan fingerprint density at radius 2 is 2.16 bits per heavy atom. The molecular formula is C13H10N4OS. The molecule has 0 aliphatic rings. The van der Waals surface area contributed by atoms with Gasteiger partial charge >= 0.3 is 0 Å².